The molecule has 2 atom stereocenters. The second-order valence-corrected chi connectivity index (χ2v) is 7.22. The Balaban J connectivity index is 1.46. The normalized spacial score (nSPS) is 33.6. The molecule has 3 aliphatic rings. The number of fused-ring (bicyclic) bond motifs is 1. The Morgan fingerprint density at radius 3 is 2.75 bits per heavy atom. The highest BCUT2D eigenvalue weighted by atomic mass is 16.1. The molecule has 0 aromatic carbocycles. The largest absolute Gasteiger partial charge is 0.353 e. The third-order valence-corrected chi connectivity index (χ3v) is 5.55. The summed E-state index contributed by atoms with van der Waals surface area (Å²) in [5, 5.41) is 3.26. The summed E-state index contributed by atoms with van der Waals surface area (Å²) in [4.78, 5) is 14.9. The second kappa shape index (κ2) is 6.02. The predicted octanol–water partition coefficient (Wildman–Crippen LogP) is 1.78. The highest BCUT2D eigenvalue weighted by Crippen LogP contribution is 2.30. The van der Waals surface area contributed by atoms with Crippen LogP contribution >= 0.6 is 0 Å². The maximum atomic E-state index is 12.3. The van der Waals surface area contributed by atoms with E-state index in [1.54, 1.807) is 0 Å². The van der Waals surface area contributed by atoms with E-state index in [1.807, 2.05) is 0 Å². The maximum Gasteiger partial charge on any atom is 0.222 e. The molecule has 0 aromatic heterocycles. The minimum Gasteiger partial charge on any atom is -0.353 e. The number of rotatable bonds is 3. The van der Waals surface area contributed by atoms with Gasteiger partial charge in [-0.25, -0.2) is 0 Å². The van der Waals surface area contributed by atoms with Crippen molar-refractivity contribution in [2.45, 2.75) is 81.8 Å². The first-order valence-corrected chi connectivity index (χ1v) is 8.47. The zero-order chi connectivity index (χ0) is 14.0. The second-order valence-electron chi connectivity index (χ2n) is 7.22. The van der Waals surface area contributed by atoms with E-state index >= 15 is 0 Å². The summed E-state index contributed by atoms with van der Waals surface area (Å²) >= 11 is 0. The molecular formula is C16H29N3O. The fraction of sp³-hybridized carbons (Fsp3) is 0.938. The third kappa shape index (κ3) is 3.34. The minimum atomic E-state index is -0.226. The van der Waals surface area contributed by atoms with Gasteiger partial charge in [0.1, 0.15) is 0 Å². The quantitative estimate of drug-likeness (QED) is 0.828. The van der Waals surface area contributed by atoms with Crippen LogP contribution in [0.2, 0.25) is 0 Å². The van der Waals surface area contributed by atoms with E-state index in [2.05, 4.69) is 10.2 Å². The Bertz CT molecular complexity index is 352. The number of hydrogen-bond donors (Lipinski definition) is 2. The van der Waals surface area contributed by atoms with Crippen LogP contribution < -0.4 is 11.1 Å². The van der Waals surface area contributed by atoms with Gasteiger partial charge in [0.05, 0.1) is 0 Å². The van der Waals surface area contributed by atoms with Gasteiger partial charge in [0.25, 0.3) is 0 Å². The first kappa shape index (κ1) is 14.3. The fourth-order valence-corrected chi connectivity index (χ4v) is 4.39. The first-order chi connectivity index (χ1) is 9.65. The number of amides is 1. The molecule has 0 spiro atoms. The molecule has 3 fully saturated rings. The summed E-state index contributed by atoms with van der Waals surface area (Å²) in [5.74, 6) is 0.186. The van der Waals surface area contributed by atoms with Gasteiger partial charge in [-0.15, -0.1) is 0 Å². The monoisotopic (exact) mass is 279 g/mol. The molecule has 3 rings (SSSR count). The number of carbonyl (C=O) groups excluding carboxylic acids is 1. The molecule has 4 heteroatoms. The summed E-state index contributed by atoms with van der Waals surface area (Å²) in [6, 6.07) is 1.10. The van der Waals surface area contributed by atoms with E-state index < -0.39 is 0 Å². The van der Waals surface area contributed by atoms with Crippen LogP contribution in [0.5, 0.6) is 0 Å². The van der Waals surface area contributed by atoms with Gasteiger partial charge in [0.2, 0.25) is 5.91 Å². The van der Waals surface area contributed by atoms with Gasteiger partial charge in [0, 0.05) is 30.6 Å². The number of nitrogens with two attached hydrogens (primary N) is 1. The van der Waals surface area contributed by atoms with E-state index in [9.17, 15) is 4.79 Å². The van der Waals surface area contributed by atoms with Crippen molar-refractivity contribution in [3.8, 4) is 0 Å². The van der Waals surface area contributed by atoms with Crippen LogP contribution in [0, 0.1) is 0 Å². The van der Waals surface area contributed by atoms with Crippen molar-refractivity contribution in [1.82, 2.24) is 10.2 Å². The maximum absolute atomic E-state index is 12.3. The van der Waals surface area contributed by atoms with Crippen molar-refractivity contribution in [3.63, 3.8) is 0 Å². The van der Waals surface area contributed by atoms with Crippen LogP contribution in [0.3, 0.4) is 0 Å². The average molecular weight is 279 g/mol. The van der Waals surface area contributed by atoms with Crippen molar-refractivity contribution in [1.29, 1.82) is 0 Å². The molecule has 1 aliphatic carbocycles. The van der Waals surface area contributed by atoms with Gasteiger partial charge in [-0.3, -0.25) is 4.79 Å². The molecule has 2 aliphatic heterocycles. The molecule has 2 heterocycles. The van der Waals surface area contributed by atoms with E-state index in [0.717, 1.165) is 38.3 Å². The number of carbonyl (C=O) groups is 1. The molecule has 0 radical (unpaired) electrons. The van der Waals surface area contributed by atoms with Crippen molar-refractivity contribution in [2.75, 3.05) is 13.1 Å². The van der Waals surface area contributed by atoms with E-state index in [0.29, 0.717) is 12.5 Å². The molecule has 0 aromatic rings. The Hall–Kier alpha value is -0.610. The zero-order valence-electron chi connectivity index (χ0n) is 12.6. The summed E-state index contributed by atoms with van der Waals surface area (Å²) in [6.45, 7) is 2.42. The van der Waals surface area contributed by atoms with Crippen LogP contribution in [0.1, 0.15) is 64.2 Å². The molecule has 1 saturated carbocycles. The topological polar surface area (TPSA) is 58.4 Å². The van der Waals surface area contributed by atoms with Gasteiger partial charge in [-0.2, -0.15) is 0 Å². The predicted molar refractivity (Wildman–Crippen MR) is 80.4 cm³/mol. The Kier molecular flexibility index (Phi) is 4.32. The van der Waals surface area contributed by atoms with Crippen LogP contribution in [0.25, 0.3) is 0 Å². The molecule has 20 heavy (non-hydrogen) atoms. The van der Waals surface area contributed by atoms with Gasteiger partial charge in [-0.1, -0.05) is 19.3 Å². The van der Waals surface area contributed by atoms with Crippen molar-refractivity contribution < 1.29 is 4.79 Å². The molecule has 4 nitrogen and oxygen atoms in total. The lowest BCUT2D eigenvalue weighted by Crippen LogP contribution is -2.51. The van der Waals surface area contributed by atoms with E-state index in [-0.39, 0.29) is 11.4 Å². The van der Waals surface area contributed by atoms with Gasteiger partial charge >= 0.3 is 0 Å². The van der Waals surface area contributed by atoms with Crippen LogP contribution in [-0.4, -0.2) is 41.5 Å². The van der Waals surface area contributed by atoms with Crippen LogP contribution in [0.15, 0.2) is 0 Å². The Labute approximate surface area is 122 Å². The highest BCUT2D eigenvalue weighted by molar-refractivity contribution is 5.77. The lowest BCUT2D eigenvalue weighted by Gasteiger charge is -2.37. The molecular weight excluding hydrogens is 250 g/mol. The molecule has 2 unspecified atom stereocenters. The smallest absolute Gasteiger partial charge is 0.222 e. The molecule has 114 valence electrons. The zero-order valence-corrected chi connectivity index (χ0v) is 12.6. The van der Waals surface area contributed by atoms with Crippen LogP contribution in [0.4, 0.5) is 0 Å². The standard InChI is InChI=1S/C16H29N3O/c17-16(7-2-1-3-8-16)12-15(20)18-13-6-10-19-9-4-5-14(19)11-13/h13-14H,1-12,17H2,(H,18,20). The molecule has 2 saturated heterocycles. The fourth-order valence-electron chi connectivity index (χ4n) is 4.39. The van der Waals surface area contributed by atoms with Gasteiger partial charge in [-0.05, 0) is 45.1 Å². The average Bonchev–Trinajstić information content (AvgIpc) is 2.86. The minimum absolute atomic E-state index is 0.186. The molecule has 0 bridgehead atoms. The highest BCUT2D eigenvalue weighted by Gasteiger charge is 2.34. The number of piperidine rings is 1. The lowest BCUT2D eigenvalue weighted by atomic mass is 9.80. The van der Waals surface area contributed by atoms with Gasteiger partial charge in [0.15, 0.2) is 0 Å². The first-order valence-electron chi connectivity index (χ1n) is 8.47. The summed E-state index contributed by atoms with van der Waals surface area (Å²) in [5.41, 5.74) is 6.16. The number of hydrogen-bond acceptors (Lipinski definition) is 3. The number of nitrogens with one attached hydrogen (secondary N) is 1. The SMILES string of the molecule is NC1(CC(=O)NC2CCN3CCCC3C2)CCCCC1. The van der Waals surface area contributed by atoms with Crippen molar-refractivity contribution in [2.24, 2.45) is 5.73 Å². The van der Waals surface area contributed by atoms with Gasteiger partial charge < -0.3 is 16.0 Å². The molecule has 3 N–H and O–H groups in total. The van der Waals surface area contributed by atoms with Crippen molar-refractivity contribution >= 4 is 5.91 Å². The summed E-state index contributed by atoms with van der Waals surface area (Å²) in [7, 11) is 0. The van der Waals surface area contributed by atoms with Crippen LogP contribution in [-0.2, 0) is 4.79 Å². The lowest BCUT2D eigenvalue weighted by molar-refractivity contribution is -0.123. The van der Waals surface area contributed by atoms with E-state index in [4.69, 9.17) is 5.73 Å². The number of nitrogens with zero attached hydrogens (tertiary/aromatic N) is 1. The Morgan fingerprint density at radius 2 is 1.95 bits per heavy atom. The third-order valence-electron chi connectivity index (χ3n) is 5.55. The van der Waals surface area contributed by atoms with Crippen molar-refractivity contribution in [3.05, 3.63) is 0 Å². The summed E-state index contributed by atoms with van der Waals surface area (Å²) in [6.07, 6.45) is 11.1. The summed E-state index contributed by atoms with van der Waals surface area (Å²) < 4.78 is 0. The molecule has 1 amide bonds. The van der Waals surface area contributed by atoms with E-state index in [1.165, 1.54) is 38.6 Å². The Morgan fingerprint density at radius 1 is 1.15 bits per heavy atom.